The lowest BCUT2D eigenvalue weighted by Crippen LogP contribution is -2.30. The largest absolute Gasteiger partial charge is 0.493 e. The molecule has 0 atom stereocenters. The van der Waals surface area contributed by atoms with Gasteiger partial charge in [-0.2, -0.15) is 0 Å². The number of hydrogen-bond donors (Lipinski definition) is 2. The molecule has 0 saturated heterocycles. The highest BCUT2D eigenvalue weighted by atomic mass is 127. The molecule has 24 heavy (non-hydrogen) atoms. The second-order valence-electron chi connectivity index (χ2n) is 4.75. The first-order valence-corrected chi connectivity index (χ1v) is 8.22. The van der Waals surface area contributed by atoms with E-state index in [9.17, 15) is 0 Å². The van der Waals surface area contributed by atoms with Crippen LogP contribution in [0, 0.1) is 6.92 Å². The molecule has 0 aliphatic rings. The number of thiazole rings is 1. The molecule has 0 bridgehead atoms. The van der Waals surface area contributed by atoms with Crippen molar-refractivity contribution in [3.63, 3.8) is 0 Å². The van der Waals surface area contributed by atoms with Crippen molar-refractivity contribution in [1.29, 1.82) is 0 Å². The van der Waals surface area contributed by atoms with E-state index in [2.05, 4.69) is 20.6 Å². The molecule has 132 valence electrons. The number of halogens is 1. The third-order valence-electron chi connectivity index (χ3n) is 3.22. The second-order valence-corrected chi connectivity index (χ2v) is 5.69. The molecular weight excluding hydrogens is 439 g/mol. The number of aliphatic imine (C=N–C) groups is 1. The first-order valence-electron chi connectivity index (χ1n) is 7.34. The molecule has 0 aliphatic heterocycles. The second kappa shape index (κ2) is 10.3. The van der Waals surface area contributed by atoms with Crippen LogP contribution in [0.3, 0.4) is 0 Å². The van der Waals surface area contributed by atoms with Crippen LogP contribution in [0.15, 0.2) is 28.7 Å². The van der Waals surface area contributed by atoms with Crippen molar-refractivity contribution in [2.75, 3.05) is 26.1 Å². The summed E-state index contributed by atoms with van der Waals surface area (Å²) in [4.78, 5) is 10.0. The van der Waals surface area contributed by atoms with E-state index in [0.29, 0.717) is 24.0 Å². The van der Waals surface area contributed by atoms with Crippen LogP contribution in [-0.4, -0.2) is 31.7 Å². The van der Waals surface area contributed by atoms with Gasteiger partial charge in [0.05, 0.1) is 32.0 Å². The number of anilines is 1. The van der Waals surface area contributed by atoms with Crippen molar-refractivity contribution < 1.29 is 9.47 Å². The van der Waals surface area contributed by atoms with E-state index in [1.54, 1.807) is 25.6 Å². The van der Waals surface area contributed by atoms with Crippen molar-refractivity contribution in [2.45, 2.75) is 20.4 Å². The van der Waals surface area contributed by atoms with Gasteiger partial charge in [-0.25, -0.2) is 9.98 Å². The smallest absolute Gasteiger partial charge is 0.196 e. The van der Waals surface area contributed by atoms with Crippen LogP contribution in [0.5, 0.6) is 11.5 Å². The van der Waals surface area contributed by atoms with Crippen LogP contribution in [0.25, 0.3) is 0 Å². The summed E-state index contributed by atoms with van der Waals surface area (Å²) < 4.78 is 10.6. The lowest BCUT2D eigenvalue weighted by Gasteiger charge is -2.13. The fourth-order valence-electron chi connectivity index (χ4n) is 1.99. The summed E-state index contributed by atoms with van der Waals surface area (Å²) in [5.74, 6) is 2.08. The van der Waals surface area contributed by atoms with E-state index in [0.717, 1.165) is 22.8 Å². The van der Waals surface area contributed by atoms with Crippen LogP contribution in [0.2, 0.25) is 0 Å². The van der Waals surface area contributed by atoms with Gasteiger partial charge in [-0.1, -0.05) is 0 Å². The Morgan fingerprint density at radius 1 is 1.25 bits per heavy atom. The van der Waals surface area contributed by atoms with Crippen molar-refractivity contribution in [3.8, 4) is 11.5 Å². The molecule has 1 aromatic carbocycles. The molecule has 2 N–H and O–H groups in total. The monoisotopic (exact) mass is 462 g/mol. The van der Waals surface area contributed by atoms with Crippen molar-refractivity contribution in [2.24, 2.45) is 4.99 Å². The summed E-state index contributed by atoms with van der Waals surface area (Å²) in [6.45, 7) is 5.40. The number of rotatable bonds is 6. The molecule has 1 aromatic heterocycles. The van der Waals surface area contributed by atoms with E-state index in [-0.39, 0.29) is 24.0 Å². The quantitative estimate of drug-likeness (QED) is 0.390. The summed E-state index contributed by atoms with van der Waals surface area (Å²) in [5, 5.41) is 6.51. The SMILES string of the molecule is CCNC(=NCc1scnc1C)Nc1ccc(OC)c(OC)c1.I. The van der Waals surface area contributed by atoms with E-state index in [1.165, 1.54) is 0 Å². The maximum atomic E-state index is 5.32. The molecule has 0 fully saturated rings. The molecule has 8 heteroatoms. The lowest BCUT2D eigenvalue weighted by atomic mass is 10.3. The number of nitrogens with zero attached hydrogens (tertiary/aromatic N) is 2. The minimum absolute atomic E-state index is 0. The first-order chi connectivity index (χ1) is 11.2. The normalized spacial score (nSPS) is 10.8. The molecule has 2 rings (SSSR count). The van der Waals surface area contributed by atoms with Gasteiger partial charge in [-0.15, -0.1) is 35.3 Å². The summed E-state index contributed by atoms with van der Waals surface area (Å²) in [6, 6.07) is 5.66. The van der Waals surface area contributed by atoms with E-state index in [4.69, 9.17) is 9.47 Å². The third-order valence-corrected chi connectivity index (χ3v) is 4.14. The van der Waals surface area contributed by atoms with Gasteiger partial charge in [0.15, 0.2) is 17.5 Å². The van der Waals surface area contributed by atoms with Gasteiger partial charge in [0, 0.05) is 23.2 Å². The molecule has 1 heterocycles. The Morgan fingerprint density at radius 2 is 2.00 bits per heavy atom. The van der Waals surface area contributed by atoms with Crippen LogP contribution < -0.4 is 20.1 Å². The predicted octanol–water partition coefficient (Wildman–Crippen LogP) is 3.66. The van der Waals surface area contributed by atoms with Gasteiger partial charge in [0.25, 0.3) is 0 Å². The van der Waals surface area contributed by atoms with E-state index >= 15 is 0 Å². The Morgan fingerprint density at radius 3 is 2.58 bits per heavy atom. The highest BCUT2D eigenvalue weighted by Crippen LogP contribution is 2.29. The minimum Gasteiger partial charge on any atom is -0.493 e. The Bertz CT molecular complexity index is 676. The average molecular weight is 462 g/mol. The lowest BCUT2D eigenvalue weighted by molar-refractivity contribution is 0.355. The Balaban J connectivity index is 0.00000288. The van der Waals surface area contributed by atoms with Gasteiger partial charge < -0.3 is 20.1 Å². The van der Waals surface area contributed by atoms with Gasteiger partial charge in [-0.3, -0.25) is 0 Å². The topological polar surface area (TPSA) is 67.8 Å². The number of methoxy groups -OCH3 is 2. The third kappa shape index (κ3) is 5.52. The maximum absolute atomic E-state index is 5.32. The molecule has 0 saturated carbocycles. The summed E-state index contributed by atoms with van der Waals surface area (Å²) in [6.07, 6.45) is 0. The van der Waals surface area contributed by atoms with Crippen molar-refractivity contribution >= 4 is 47.0 Å². The average Bonchev–Trinajstić information content (AvgIpc) is 2.97. The number of hydrogen-bond acceptors (Lipinski definition) is 5. The van der Waals surface area contributed by atoms with Crippen LogP contribution in [0.4, 0.5) is 5.69 Å². The molecule has 0 spiro atoms. The first kappa shape index (κ1) is 20.5. The van der Waals surface area contributed by atoms with Crippen LogP contribution >= 0.6 is 35.3 Å². The zero-order valence-corrected chi connectivity index (χ0v) is 17.4. The Hall–Kier alpha value is -1.55. The number of benzene rings is 1. The Kier molecular flexibility index (Phi) is 8.83. The standard InChI is InChI=1S/C16H22N4O2S.HI/c1-5-17-16(18-9-15-11(2)19-10-23-15)20-12-6-7-13(21-3)14(8-12)22-4;/h6-8,10H,5,9H2,1-4H3,(H2,17,18,20);1H. The zero-order chi connectivity index (χ0) is 16.7. The molecule has 0 aliphatic carbocycles. The number of guanidine groups is 1. The number of nitrogens with one attached hydrogen (secondary N) is 2. The van der Waals surface area contributed by atoms with E-state index < -0.39 is 0 Å². The molecule has 0 amide bonds. The summed E-state index contributed by atoms with van der Waals surface area (Å²) >= 11 is 1.62. The van der Waals surface area contributed by atoms with Crippen molar-refractivity contribution in [3.05, 3.63) is 34.3 Å². The minimum atomic E-state index is 0. The fraction of sp³-hybridized carbons (Fsp3) is 0.375. The van der Waals surface area contributed by atoms with Gasteiger partial charge >= 0.3 is 0 Å². The predicted molar refractivity (Wildman–Crippen MR) is 110 cm³/mol. The molecule has 6 nitrogen and oxygen atoms in total. The Labute approximate surface area is 163 Å². The molecule has 0 radical (unpaired) electrons. The van der Waals surface area contributed by atoms with Gasteiger partial charge in [0.2, 0.25) is 0 Å². The summed E-state index contributed by atoms with van der Waals surface area (Å²) in [5.41, 5.74) is 3.75. The molecule has 0 unspecified atom stereocenters. The van der Waals surface area contributed by atoms with Gasteiger partial charge in [0.1, 0.15) is 0 Å². The number of aromatic nitrogens is 1. The van der Waals surface area contributed by atoms with Crippen LogP contribution in [0.1, 0.15) is 17.5 Å². The highest BCUT2D eigenvalue weighted by molar-refractivity contribution is 14.0. The zero-order valence-electron chi connectivity index (χ0n) is 14.3. The maximum Gasteiger partial charge on any atom is 0.196 e. The molecular formula is C16H23IN4O2S. The fourth-order valence-corrected chi connectivity index (χ4v) is 2.69. The molecule has 2 aromatic rings. The van der Waals surface area contributed by atoms with E-state index in [1.807, 2.05) is 37.6 Å². The summed E-state index contributed by atoms with van der Waals surface area (Å²) in [7, 11) is 3.24. The highest BCUT2D eigenvalue weighted by Gasteiger charge is 2.07. The number of ether oxygens (including phenoxy) is 2. The van der Waals surface area contributed by atoms with Crippen LogP contribution in [-0.2, 0) is 6.54 Å². The number of aryl methyl sites for hydroxylation is 1. The van der Waals surface area contributed by atoms with Crippen molar-refractivity contribution in [1.82, 2.24) is 10.3 Å². The van der Waals surface area contributed by atoms with Gasteiger partial charge in [-0.05, 0) is 26.0 Å².